The molecule has 0 spiro atoms. The van der Waals surface area contributed by atoms with Gasteiger partial charge in [0.25, 0.3) is 5.91 Å². The number of rotatable bonds is 5. The molecule has 0 fully saturated rings. The average Bonchev–Trinajstić information content (AvgIpc) is 2.26. The minimum atomic E-state index is -1.12. The second kappa shape index (κ2) is 6.38. The first-order chi connectivity index (χ1) is 8.35. The second-order valence-electron chi connectivity index (χ2n) is 4.24. The van der Waals surface area contributed by atoms with Crippen LogP contribution in [0.5, 0.6) is 0 Å². The van der Waals surface area contributed by atoms with Gasteiger partial charge in [-0.15, -0.1) is 0 Å². The Hall–Kier alpha value is -0.810. The van der Waals surface area contributed by atoms with E-state index in [0.29, 0.717) is 10.6 Å². The molecule has 1 atom stereocenters. The molecule has 100 valence electrons. The van der Waals surface area contributed by atoms with Crippen molar-refractivity contribution in [1.29, 1.82) is 0 Å². The maximum Gasteiger partial charge on any atom is 0.252 e. The molecule has 0 aliphatic rings. The van der Waals surface area contributed by atoms with Crippen molar-refractivity contribution < 1.29 is 14.6 Å². The summed E-state index contributed by atoms with van der Waals surface area (Å²) in [5.41, 5.74) is -0.808. The van der Waals surface area contributed by atoms with Crippen molar-refractivity contribution in [2.75, 3.05) is 20.3 Å². The van der Waals surface area contributed by atoms with Crippen molar-refractivity contribution >= 4 is 29.1 Å². The Kier molecular flexibility index (Phi) is 5.41. The fourth-order valence-electron chi connectivity index (χ4n) is 1.40. The molecule has 1 rings (SSSR count). The number of methoxy groups -OCH3 is 1. The van der Waals surface area contributed by atoms with Gasteiger partial charge in [0.1, 0.15) is 5.60 Å². The van der Waals surface area contributed by atoms with E-state index < -0.39 is 5.60 Å². The fraction of sp³-hybridized carbons (Fsp3) is 0.417. The normalized spacial score (nSPS) is 14.1. The van der Waals surface area contributed by atoms with Gasteiger partial charge in [0.2, 0.25) is 0 Å². The van der Waals surface area contributed by atoms with E-state index in [1.807, 2.05) is 0 Å². The third-order valence-electron chi connectivity index (χ3n) is 2.26. The minimum absolute atomic E-state index is 0.0681. The molecule has 0 heterocycles. The van der Waals surface area contributed by atoms with E-state index >= 15 is 0 Å². The number of carbonyl (C=O) groups excluding carboxylic acids is 1. The van der Waals surface area contributed by atoms with Crippen LogP contribution in [0.3, 0.4) is 0 Å². The predicted octanol–water partition coefficient (Wildman–Crippen LogP) is 2.12. The summed E-state index contributed by atoms with van der Waals surface area (Å²) >= 11 is 11.6. The van der Waals surface area contributed by atoms with Crippen molar-refractivity contribution in [3.05, 3.63) is 33.8 Å². The van der Waals surface area contributed by atoms with Gasteiger partial charge >= 0.3 is 0 Å². The van der Waals surface area contributed by atoms with Crippen LogP contribution in [0.1, 0.15) is 17.3 Å². The van der Waals surface area contributed by atoms with Crippen LogP contribution >= 0.6 is 23.2 Å². The first kappa shape index (κ1) is 15.2. The molecule has 0 bridgehead atoms. The summed E-state index contributed by atoms with van der Waals surface area (Å²) in [5, 5.41) is 13.1. The first-order valence-electron chi connectivity index (χ1n) is 5.30. The lowest BCUT2D eigenvalue weighted by Crippen LogP contribution is -2.43. The lowest BCUT2D eigenvalue weighted by atomic mass is 10.1. The number of nitrogens with one attached hydrogen (secondary N) is 1. The highest BCUT2D eigenvalue weighted by atomic mass is 35.5. The second-order valence-corrected chi connectivity index (χ2v) is 5.08. The molecule has 0 radical (unpaired) electrons. The van der Waals surface area contributed by atoms with Crippen LogP contribution in [0.25, 0.3) is 0 Å². The predicted molar refractivity (Wildman–Crippen MR) is 71.3 cm³/mol. The molecular formula is C12H15Cl2NO3. The van der Waals surface area contributed by atoms with Gasteiger partial charge < -0.3 is 15.2 Å². The first-order valence-corrected chi connectivity index (χ1v) is 6.06. The zero-order valence-electron chi connectivity index (χ0n) is 10.2. The third kappa shape index (κ3) is 4.46. The molecule has 1 unspecified atom stereocenters. The number of aliphatic hydroxyl groups is 1. The topological polar surface area (TPSA) is 58.6 Å². The number of carbonyl (C=O) groups is 1. The van der Waals surface area contributed by atoms with Crippen LogP contribution in [0.4, 0.5) is 0 Å². The lowest BCUT2D eigenvalue weighted by Gasteiger charge is -2.22. The summed E-state index contributed by atoms with van der Waals surface area (Å²) in [4.78, 5) is 11.8. The number of halogens is 2. The van der Waals surface area contributed by atoms with Crippen LogP contribution in [-0.2, 0) is 4.74 Å². The largest absolute Gasteiger partial charge is 0.386 e. The lowest BCUT2D eigenvalue weighted by molar-refractivity contribution is -0.0147. The number of hydrogen-bond acceptors (Lipinski definition) is 3. The minimum Gasteiger partial charge on any atom is -0.386 e. The summed E-state index contributed by atoms with van der Waals surface area (Å²) in [6.45, 7) is 1.76. The van der Waals surface area contributed by atoms with Crippen LogP contribution in [0.2, 0.25) is 10.0 Å². The summed E-state index contributed by atoms with van der Waals surface area (Å²) in [6.07, 6.45) is 0. The van der Waals surface area contributed by atoms with Gasteiger partial charge in [-0.1, -0.05) is 23.2 Å². The summed E-state index contributed by atoms with van der Waals surface area (Å²) in [6, 6.07) is 4.60. The number of benzene rings is 1. The van der Waals surface area contributed by atoms with Gasteiger partial charge in [-0.2, -0.15) is 0 Å². The van der Waals surface area contributed by atoms with E-state index in [0.717, 1.165) is 0 Å². The maximum atomic E-state index is 11.8. The van der Waals surface area contributed by atoms with Crippen molar-refractivity contribution in [2.24, 2.45) is 0 Å². The van der Waals surface area contributed by atoms with Crippen molar-refractivity contribution in [3.63, 3.8) is 0 Å². The number of ether oxygens (including phenoxy) is 1. The van der Waals surface area contributed by atoms with E-state index in [1.165, 1.54) is 19.2 Å². The number of amides is 1. The molecule has 1 aromatic rings. The van der Waals surface area contributed by atoms with Gasteiger partial charge in [-0.25, -0.2) is 0 Å². The molecule has 6 heteroatoms. The van der Waals surface area contributed by atoms with Gasteiger partial charge in [-0.3, -0.25) is 4.79 Å². The Morgan fingerprint density at radius 2 is 2.17 bits per heavy atom. The molecule has 4 nitrogen and oxygen atoms in total. The molecule has 0 saturated heterocycles. The standard InChI is InChI=1S/C12H15Cl2NO3/c1-12(17,7-18-2)6-15-11(16)9-4-3-8(13)5-10(9)14/h3-5,17H,6-7H2,1-2H3,(H,15,16). The van der Waals surface area contributed by atoms with Crippen molar-refractivity contribution in [2.45, 2.75) is 12.5 Å². The molecular weight excluding hydrogens is 277 g/mol. The monoisotopic (exact) mass is 291 g/mol. The zero-order valence-corrected chi connectivity index (χ0v) is 11.7. The van der Waals surface area contributed by atoms with E-state index in [9.17, 15) is 9.90 Å². The SMILES string of the molecule is COCC(C)(O)CNC(=O)c1ccc(Cl)cc1Cl. The molecule has 0 aliphatic carbocycles. The van der Waals surface area contributed by atoms with Crippen LogP contribution < -0.4 is 5.32 Å². The Bertz CT molecular complexity index is 435. The summed E-state index contributed by atoms with van der Waals surface area (Å²) < 4.78 is 4.84. The van der Waals surface area contributed by atoms with Crippen LogP contribution in [0, 0.1) is 0 Å². The highest BCUT2D eigenvalue weighted by molar-refractivity contribution is 6.36. The smallest absolute Gasteiger partial charge is 0.252 e. The van der Waals surface area contributed by atoms with Crippen molar-refractivity contribution in [3.8, 4) is 0 Å². The fourth-order valence-corrected chi connectivity index (χ4v) is 1.90. The quantitative estimate of drug-likeness (QED) is 0.874. The zero-order chi connectivity index (χ0) is 13.8. The highest BCUT2D eigenvalue weighted by Gasteiger charge is 2.21. The third-order valence-corrected chi connectivity index (χ3v) is 2.81. The maximum absolute atomic E-state index is 11.8. The summed E-state index contributed by atoms with van der Waals surface area (Å²) in [7, 11) is 1.48. The van der Waals surface area contributed by atoms with E-state index in [1.54, 1.807) is 13.0 Å². The van der Waals surface area contributed by atoms with Gasteiger partial charge in [0.15, 0.2) is 0 Å². The highest BCUT2D eigenvalue weighted by Crippen LogP contribution is 2.20. The van der Waals surface area contributed by atoms with Gasteiger partial charge in [0.05, 0.1) is 17.2 Å². The van der Waals surface area contributed by atoms with E-state index in [2.05, 4.69) is 5.32 Å². The van der Waals surface area contributed by atoms with E-state index in [-0.39, 0.29) is 24.1 Å². The van der Waals surface area contributed by atoms with Crippen molar-refractivity contribution in [1.82, 2.24) is 5.32 Å². The van der Waals surface area contributed by atoms with Gasteiger partial charge in [-0.05, 0) is 25.1 Å². The Morgan fingerprint density at radius 1 is 1.50 bits per heavy atom. The Balaban J connectivity index is 2.66. The Morgan fingerprint density at radius 3 is 2.72 bits per heavy atom. The molecule has 1 aromatic carbocycles. The molecule has 1 amide bonds. The van der Waals surface area contributed by atoms with Crippen LogP contribution in [0.15, 0.2) is 18.2 Å². The Labute approximate surface area is 116 Å². The summed E-state index contributed by atoms with van der Waals surface area (Å²) in [5.74, 6) is -0.368. The average molecular weight is 292 g/mol. The van der Waals surface area contributed by atoms with Crippen LogP contribution in [-0.4, -0.2) is 36.9 Å². The molecule has 0 aromatic heterocycles. The molecule has 0 aliphatic heterocycles. The molecule has 0 saturated carbocycles. The molecule has 2 N–H and O–H groups in total. The van der Waals surface area contributed by atoms with E-state index in [4.69, 9.17) is 27.9 Å². The van der Waals surface area contributed by atoms with Gasteiger partial charge in [0, 0.05) is 18.7 Å². The number of hydrogen-bond donors (Lipinski definition) is 2. The molecule has 18 heavy (non-hydrogen) atoms.